The van der Waals surface area contributed by atoms with Gasteiger partial charge in [-0.1, -0.05) is 49.4 Å². The molecule has 0 aliphatic heterocycles. The maximum atomic E-state index is 12.4. The van der Waals surface area contributed by atoms with Crippen molar-refractivity contribution in [3.8, 4) is 0 Å². The summed E-state index contributed by atoms with van der Waals surface area (Å²) in [6, 6.07) is 15.7. The molecular weight excluding hydrogens is 312 g/mol. The Labute approximate surface area is 149 Å². The average Bonchev–Trinajstić information content (AvgIpc) is 2.59. The van der Waals surface area contributed by atoms with E-state index in [4.69, 9.17) is 0 Å². The molecule has 0 bridgehead atoms. The quantitative estimate of drug-likeness (QED) is 0.868. The second-order valence-corrected chi connectivity index (χ2v) is 6.56. The van der Waals surface area contributed by atoms with E-state index in [9.17, 15) is 9.59 Å². The maximum absolute atomic E-state index is 12.4. The van der Waals surface area contributed by atoms with Gasteiger partial charge in [-0.2, -0.15) is 0 Å². The predicted molar refractivity (Wildman–Crippen MR) is 102 cm³/mol. The number of rotatable bonds is 6. The average molecular weight is 338 g/mol. The second kappa shape index (κ2) is 8.47. The van der Waals surface area contributed by atoms with Crippen LogP contribution >= 0.6 is 0 Å². The minimum Gasteiger partial charge on any atom is -0.336 e. The first-order valence-electron chi connectivity index (χ1n) is 8.53. The van der Waals surface area contributed by atoms with Crippen LogP contribution in [0.15, 0.2) is 48.5 Å². The van der Waals surface area contributed by atoms with Crippen molar-refractivity contribution >= 4 is 17.5 Å². The Hall–Kier alpha value is -2.62. The topological polar surface area (TPSA) is 49.4 Å². The number of hydrogen-bond donors (Lipinski definition) is 1. The lowest BCUT2D eigenvalue weighted by Gasteiger charge is -2.20. The molecule has 0 aromatic heterocycles. The Balaban J connectivity index is 1.90. The van der Waals surface area contributed by atoms with Gasteiger partial charge in [0.05, 0.1) is 6.54 Å². The highest BCUT2D eigenvalue weighted by molar-refractivity contribution is 5.95. The molecule has 4 nitrogen and oxygen atoms in total. The third kappa shape index (κ3) is 5.18. The summed E-state index contributed by atoms with van der Waals surface area (Å²) >= 11 is 0. The molecule has 0 unspecified atom stereocenters. The lowest BCUT2D eigenvalue weighted by molar-refractivity contribution is -0.133. The largest absolute Gasteiger partial charge is 0.336 e. The Morgan fingerprint density at radius 3 is 2.40 bits per heavy atom. The Morgan fingerprint density at radius 2 is 1.72 bits per heavy atom. The van der Waals surface area contributed by atoms with Crippen molar-refractivity contribution in [2.75, 3.05) is 18.9 Å². The van der Waals surface area contributed by atoms with E-state index in [1.54, 1.807) is 7.05 Å². The number of likely N-dealkylation sites (N-methyl/N-ethyl adjacent to an activating group) is 1. The van der Waals surface area contributed by atoms with Crippen LogP contribution in [0, 0.1) is 13.8 Å². The Kier molecular flexibility index (Phi) is 6.34. The summed E-state index contributed by atoms with van der Waals surface area (Å²) in [5.41, 5.74) is 4.09. The number of benzene rings is 2. The number of amides is 2. The van der Waals surface area contributed by atoms with Gasteiger partial charge in [-0.25, -0.2) is 0 Å². The van der Waals surface area contributed by atoms with Crippen LogP contribution < -0.4 is 5.32 Å². The fourth-order valence-corrected chi connectivity index (χ4v) is 2.70. The SMILES string of the molecule is Cc1cccc(NC(=O)CN(C)C(=O)C[C@H](C)c2ccccc2)c1C. The molecule has 2 rings (SSSR count). The summed E-state index contributed by atoms with van der Waals surface area (Å²) in [6.45, 7) is 6.05. The van der Waals surface area contributed by atoms with E-state index < -0.39 is 0 Å². The van der Waals surface area contributed by atoms with Crippen molar-refractivity contribution in [2.24, 2.45) is 0 Å². The number of carbonyl (C=O) groups excluding carboxylic acids is 2. The molecule has 0 spiro atoms. The van der Waals surface area contributed by atoms with Gasteiger partial charge in [0.1, 0.15) is 0 Å². The standard InChI is InChI=1S/C21H26N2O2/c1-15-9-8-12-19(17(15)3)22-20(24)14-23(4)21(25)13-16(2)18-10-6-5-7-11-18/h5-12,16H,13-14H2,1-4H3,(H,22,24)/t16-/m0/s1. The number of nitrogens with one attached hydrogen (secondary N) is 1. The predicted octanol–water partition coefficient (Wildman–Crippen LogP) is 3.89. The number of carbonyl (C=O) groups is 2. The zero-order valence-electron chi connectivity index (χ0n) is 15.4. The minimum atomic E-state index is -0.183. The van der Waals surface area contributed by atoms with Crippen molar-refractivity contribution in [3.05, 3.63) is 65.2 Å². The third-order valence-corrected chi connectivity index (χ3v) is 4.53. The van der Waals surface area contributed by atoms with E-state index in [1.807, 2.05) is 69.3 Å². The first kappa shape index (κ1) is 18.7. The molecule has 0 saturated carbocycles. The molecule has 1 atom stereocenters. The maximum Gasteiger partial charge on any atom is 0.243 e. The molecule has 2 aromatic carbocycles. The van der Waals surface area contributed by atoms with E-state index >= 15 is 0 Å². The normalized spacial score (nSPS) is 11.7. The molecule has 2 amide bonds. The number of nitrogens with zero attached hydrogens (tertiary/aromatic N) is 1. The van der Waals surface area contributed by atoms with E-state index in [0.29, 0.717) is 6.42 Å². The molecule has 1 N–H and O–H groups in total. The van der Waals surface area contributed by atoms with Gasteiger partial charge in [0.25, 0.3) is 0 Å². The van der Waals surface area contributed by atoms with Crippen LogP contribution in [0.5, 0.6) is 0 Å². The summed E-state index contributed by atoms with van der Waals surface area (Å²) in [5.74, 6) is -0.0948. The van der Waals surface area contributed by atoms with Gasteiger partial charge >= 0.3 is 0 Å². The van der Waals surface area contributed by atoms with Crippen molar-refractivity contribution in [1.29, 1.82) is 0 Å². The molecule has 4 heteroatoms. The van der Waals surface area contributed by atoms with Crippen LogP contribution in [-0.4, -0.2) is 30.3 Å². The molecular formula is C21H26N2O2. The van der Waals surface area contributed by atoms with Crippen LogP contribution in [-0.2, 0) is 9.59 Å². The molecule has 0 aliphatic carbocycles. The van der Waals surface area contributed by atoms with Crippen molar-refractivity contribution in [2.45, 2.75) is 33.1 Å². The third-order valence-electron chi connectivity index (χ3n) is 4.53. The van der Waals surface area contributed by atoms with Gasteiger partial charge in [0.15, 0.2) is 0 Å². The van der Waals surface area contributed by atoms with E-state index in [2.05, 4.69) is 5.32 Å². The molecule has 25 heavy (non-hydrogen) atoms. The van der Waals surface area contributed by atoms with Gasteiger partial charge in [0, 0.05) is 19.2 Å². The van der Waals surface area contributed by atoms with E-state index in [1.165, 1.54) is 4.90 Å². The summed E-state index contributed by atoms with van der Waals surface area (Å²) < 4.78 is 0. The van der Waals surface area contributed by atoms with Gasteiger partial charge in [-0.3, -0.25) is 9.59 Å². The zero-order valence-corrected chi connectivity index (χ0v) is 15.4. The summed E-state index contributed by atoms with van der Waals surface area (Å²) in [6.07, 6.45) is 0.386. The van der Waals surface area contributed by atoms with Crippen molar-refractivity contribution in [1.82, 2.24) is 4.90 Å². The highest BCUT2D eigenvalue weighted by atomic mass is 16.2. The molecule has 0 fully saturated rings. The monoisotopic (exact) mass is 338 g/mol. The highest BCUT2D eigenvalue weighted by Crippen LogP contribution is 2.20. The first-order chi connectivity index (χ1) is 11.9. The zero-order chi connectivity index (χ0) is 18.4. The van der Waals surface area contributed by atoms with Crippen LogP contribution in [0.4, 0.5) is 5.69 Å². The van der Waals surface area contributed by atoms with Crippen molar-refractivity contribution in [3.63, 3.8) is 0 Å². The molecule has 2 aromatic rings. The minimum absolute atomic E-state index is 0.0348. The smallest absolute Gasteiger partial charge is 0.243 e. The Morgan fingerprint density at radius 1 is 1.04 bits per heavy atom. The molecule has 0 aliphatic rings. The van der Waals surface area contributed by atoms with Gasteiger partial charge < -0.3 is 10.2 Å². The van der Waals surface area contributed by atoms with E-state index in [0.717, 1.165) is 22.4 Å². The van der Waals surface area contributed by atoms with Crippen LogP contribution in [0.2, 0.25) is 0 Å². The summed E-state index contributed by atoms with van der Waals surface area (Å²) in [5, 5.41) is 2.89. The first-order valence-corrected chi connectivity index (χ1v) is 8.53. The van der Waals surface area contributed by atoms with Gasteiger partial charge in [0.2, 0.25) is 11.8 Å². The number of anilines is 1. The van der Waals surface area contributed by atoms with Crippen molar-refractivity contribution < 1.29 is 9.59 Å². The molecule has 0 heterocycles. The van der Waals surface area contributed by atoms with Gasteiger partial charge in [-0.05, 0) is 42.5 Å². The lowest BCUT2D eigenvalue weighted by Crippen LogP contribution is -2.35. The van der Waals surface area contributed by atoms with E-state index in [-0.39, 0.29) is 24.3 Å². The van der Waals surface area contributed by atoms with Gasteiger partial charge in [-0.15, -0.1) is 0 Å². The Bertz CT molecular complexity index is 741. The highest BCUT2D eigenvalue weighted by Gasteiger charge is 2.17. The van der Waals surface area contributed by atoms with Crippen LogP contribution in [0.1, 0.15) is 36.0 Å². The molecule has 0 saturated heterocycles. The second-order valence-electron chi connectivity index (χ2n) is 6.56. The lowest BCUT2D eigenvalue weighted by atomic mass is 9.97. The summed E-state index contributed by atoms with van der Waals surface area (Å²) in [4.78, 5) is 26.1. The molecule has 132 valence electrons. The molecule has 0 radical (unpaired) electrons. The fourth-order valence-electron chi connectivity index (χ4n) is 2.70. The van der Waals surface area contributed by atoms with Crippen LogP contribution in [0.25, 0.3) is 0 Å². The summed E-state index contributed by atoms with van der Waals surface area (Å²) in [7, 11) is 1.67. The number of hydrogen-bond acceptors (Lipinski definition) is 2. The number of aryl methyl sites for hydroxylation is 1. The van der Waals surface area contributed by atoms with Crippen LogP contribution in [0.3, 0.4) is 0 Å². The fraction of sp³-hybridized carbons (Fsp3) is 0.333.